The second-order valence-electron chi connectivity index (χ2n) is 6.19. The molecule has 2 heterocycles. The van der Waals surface area contributed by atoms with Crippen LogP contribution < -0.4 is 10.6 Å². The van der Waals surface area contributed by atoms with Gasteiger partial charge in [-0.15, -0.1) is 0 Å². The molecule has 0 aliphatic carbocycles. The topological polar surface area (TPSA) is 89.3 Å². The first-order valence-electron chi connectivity index (χ1n) is 8.39. The molecule has 0 saturated carbocycles. The van der Waals surface area contributed by atoms with Crippen molar-refractivity contribution < 1.29 is 30.5 Å². The second kappa shape index (κ2) is 9.49. The number of nitrogens with one attached hydrogen (secondary N) is 2. The number of nitrogens with zero attached hydrogens (tertiary/aromatic N) is 2. The van der Waals surface area contributed by atoms with E-state index in [1.807, 2.05) is 19.1 Å². The first-order valence-corrected chi connectivity index (χ1v) is 8.39. The number of aromatic nitrogens is 2. The summed E-state index contributed by atoms with van der Waals surface area (Å²) in [6.45, 7) is 12.5. The van der Waals surface area contributed by atoms with E-state index in [9.17, 15) is 4.79 Å². The maximum Gasteiger partial charge on any atom is 0.227 e. The number of hydrogen-bond donors (Lipinski definition) is 2. The van der Waals surface area contributed by atoms with Crippen LogP contribution in [-0.2, 0) is 32.4 Å². The minimum Gasteiger partial charge on any atom is -0.400 e. The minimum atomic E-state index is -0.444. The van der Waals surface area contributed by atoms with Crippen LogP contribution in [0.5, 0.6) is 0 Å². The van der Waals surface area contributed by atoms with Crippen molar-refractivity contribution in [3.8, 4) is 11.4 Å². The first kappa shape index (κ1) is 20.9. The summed E-state index contributed by atoms with van der Waals surface area (Å²) in [5.74, 6) is 1.05. The van der Waals surface area contributed by atoms with Gasteiger partial charge in [0.25, 0.3) is 0 Å². The van der Waals surface area contributed by atoms with E-state index in [2.05, 4.69) is 27.4 Å². The monoisotopic (exact) mass is 411 g/mol. The largest absolute Gasteiger partial charge is 0.400 e. The summed E-state index contributed by atoms with van der Waals surface area (Å²) in [6.07, 6.45) is 3.06. The Labute approximate surface area is 168 Å². The molecule has 1 amide bonds. The molecule has 3 rings (SSSR count). The summed E-state index contributed by atoms with van der Waals surface area (Å²) in [5.41, 5.74) is 2.22. The van der Waals surface area contributed by atoms with Gasteiger partial charge in [0.2, 0.25) is 11.7 Å². The van der Waals surface area contributed by atoms with Crippen molar-refractivity contribution in [2.45, 2.75) is 19.8 Å². The van der Waals surface area contributed by atoms with Gasteiger partial charge in [-0.3, -0.25) is 6.58 Å². The van der Waals surface area contributed by atoms with Gasteiger partial charge in [0, 0.05) is 47.4 Å². The molecule has 1 fully saturated rings. The molecule has 1 aliphatic rings. The van der Waals surface area contributed by atoms with E-state index < -0.39 is 5.91 Å². The SMILES string of the molecule is [CH-]=C(NC=C)C(=O)Nc1cc(-c2noc(C[C@H]3CCOC3)n2)ccc1C.[Ni]. The first-order chi connectivity index (χ1) is 12.6. The van der Waals surface area contributed by atoms with Gasteiger partial charge in [0.05, 0.1) is 0 Å². The van der Waals surface area contributed by atoms with Crippen molar-refractivity contribution in [2.24, 2.45) is 5.92 Å². The van der Waals surface area contributed by atoms with Gasteiger partial charge in [-0.2, -0.15) is 4.98 Å². The number of amides is 1. The van der Waals surface area contributed by atoms with Crippen LogP contribution in [0.2, 0.25) is 0 Å². The van der Waals surface area contributed by atoms with Gasteiger partial charge >= 0.3 is 0 Å². The molecule has 1 saturated heterocycles. The molecule has 27 heavy (non-hydrogen) atoms. The van der Waals surface area contributed by atoms with E-state index >= 15 is 0 Å². The molecule has 8 heteroatoms. The quantitative estimate of drug-likeness (QED) is 0.413. The molecule has 1 aliphatic heterocycles. The smallest absolute Gasteiger partial charge is 0.227 e. The molecule has 1 atom stereocenters. The summed E-state index contributed by atoms with van der Waals surface area (Å²) in [4.78, 5) is 16.5. The molecule has 7 nitrogen and oxygen atoms in total. The van der Waals surface area contributed by atoms with Crippen molar-refractivity contribution in [3.63, 3.8) is 0 Å². The third kappa shape index (κ3) is 5.28. The maximum atomic E-state index is 12.1. The molecule has 0 unspecified atom stereocenters. The predicted octanol–water partition coefficient (Wildman–Crippen LogP) is 2.61. The Morgan fingerprint density at radius 1 is 1.48 bits per heavy atom. The van der Waals surface area contributed by atoms with Crippen molar-refractivity contribution in [1.29, 1.82) is 0 Å². The van der Waals surface area contributed by atoms with Gasteiger partial charge in [0.1, 0.15) is 5.91 Å². The van der Waals surface area contributed by atoms with Crippen LogP contribution in [0, 0.1) is 19.4 Å². The number of rotatable bonds is 7. The van der Waals surface area contributed by atoms with Crippen LogP contribution in [0.1, 0.15) is 17.9 Å². The Balaban J connectivity index is 0.00000261. The number of carbonyl (C=O) groups excluding carboxylic acids is 1. The van der Waals surface area contributed by atoms with Crippen molar-refractivity contribution >= 4 is 11.6 Å². The standard InChI is InChI=1S/C19H21N4O3.Ni/c1-4-20-13(3)19(24)21-16-10-15(6-5-12(16)2)18-22-17(26-23-18)9-14-7-8-25-11-14;/h3-6,10,14,20H,1,7-9,11H2,2H3,(H,21,24);/q-1;/t14-;/m1./s1. The molecule has 0 bridgehead atoms. The van der Waals surface area contributed by atoms with Gasteiger partial charge in [0.15, 0.2) is 0 Å². The minimum absolute atomic E-state index is 0. The fraction of sp³-hybridized carbons (Fsp3) is 0.316. The van der Waals surface area contributed by atoms with E-state index in [0.717, 1.165) is 30.8 Å². The number of hydrogen-bond acceptors (Lipinski definition) is 6. The van der Waals surface area contributed by atoms with E-state index in [1.165, 1.54) is 6.20 Å². The molecule has 2 aromatic rings. The Bertz CT molecular complexity index is 828. The molecule has 0 radical (unpaired) electrons. The number of anilines is 1. The summed E-state index contributed by atoms with van der Waals surface area (Å²) in [6, 6.07) is 5.55. The second-order valence-corrected chi connectivity index (χ2v) is 6.19. The Kier molecular flexibility index (Phi) is 7.33. The number of aryl methyl sites for hydroxylation is 1. The van der Waals surface area contributed by atoms with Gasteiger partial charge in [-0.25, -0.2) is 0 Å². The normalized spacial score (nSPS) is 15.7. The summed E-state index contributed by atoms with van der Waals surface area (Å²) < 4.78 is 10.7. The van der Waals surface area contributed by atoms with Gasteiger partial charge in [-0.05, 0) is 37.1 Å². The van der Waals surface area contributed by atoms with Crippen LogP contribution >= 0.6 is 0 Å². The number of benzene rings is 1. The maximum absolute atomic E-state index is 12.1. The molecular formula is C19H21N4NiO3-. The van der Waals surface area contributed by atoms with Gasteiger partial charge in [-0.1, -0.05) is 29.6 Å². The summed E-state index contributed by atoms with van der Waals surface area (Å²) >= 11 is 0. The fourth-order valence-electron chi connectivity index (χ4n) is 2.71. The van der Waals surface area contributed by atoms with Crippen molar-refractivity contribution in [2.75, 3.05) is 18.5 Å². The number of carbonyl (C=O) groups is 1. The fourth-order valence-corrected chi connectivity index (χ4v) is 2.71. The molecule has 146 valence electrons. The Hall–Kier alpha value is -2.44. The third-order valence-corrected chi connectivity index (χ3v) is 4.20. The molecule has 2 N–H and O–H groups in total. The van der Waals surface area contributed by atoms with Crippen LogP contribution in [0.15, 0.2) is 41.2 Å². The molecule has 1 aromatic heterocycles. The zero-order valence-corrected chi connectivity index (χ0v) is 15.9. The van der Waals surface area contributed by atoms with E-state index in [-0.39, 0.29) is 22.2 Å². The average Bonchev–Trinajstić information content (AvgIpc) is 3.29. The Morgan fingerprint density at radius 3 is 3.00 bits per heavy atom. The molecular weight excluding hydrogens is 391 g/mol. The zero-order valence-electron chi connectivity index (χ0n) is 14.9. The van der Waals surface area contributed by atoms with Gasteiger partial charge < -0.3 is 24.7 Å². The summed E-state index contributed by atoms with van der Waals surface area (Å²) in [5, 5.41) is 9.37. The van der Waals surface area contributed by atoms with Crippen LogP contribution in [0.25, 0.3) is 11.4 Å². The van der Waals surface area contributed by atoms with Crippen LogP contribution in [0.3, 0.4) is 0 Å². The van der Waals surface area contributed by atoms with E-state index in [0.29, 0.717) is 29.7 Å². The predicted molar refractivity (Wildman–Crippen MR) is 96.9 cm³/mol. The van der Waals surface area contributed by atoms with Crippen molar-refractivity contribution in [1.82, 2.24) is 15.5 Å². The van der Waals surface area contributed by atoms with E-state index in [4.69, 9.17) is 15.8 Å². The Morgan fingerprint density at radius 2 is 2.30 bits per heavy atom. The summed E-state index contributed by atoms with van der Waals surface area (Å²) in [7, 11) is 0. The van der Waals surface area contributed by atoms with Crippen LogP contribution in [-0.4, -0.2) is 29.3 Å². The molecule has 0 spiro atoms. The van der Waals surface area contributed by atoms with E-state index in [1.54, 1.807) is 6.07 Å². The zero-order chi connectivity index (χ0) is 18.5. The number of ether oxygens (including phenoxy) is 1. The molecule has 1 aromatic carbocycles. The average molecular weight is 412 g/mol. The third-order valence-electron chi connectivity index (χ3n) is 4.20. The van der Waals surface area contributed by atoms with Crippen LogP contribution in [0.4, 0.5) is 5.69 Å². The van der Waals surface area contributed by atoms with Crippen molar-refractivity contribution in [3.05, 3.63) is 54.7 Å².